The number of carbonyl (C=O) groups is 2. The van der Waals surface area contributed by atoms with Gasteiger partial charge in [-0.3, -0.25) is 9.59 Å². The average Bonchev–Trinajstić information content (AvgIpc) is 2.35. The highest BCUT2D eigenvalue weighted by Crippen LogP contribution is 2.03. The normalized spacial score (nSPS) is 10.4. The van der Waals surface area contributed by atoms with E-state index in [1.54, 1.807) is 0 Å². The van der Waals surface area contributed by atoms with Gasteiger partial charge in [-0.2, -0.15) is 0 Å². The standard InChI is InChI=1S/C14H18O4/c1-3-5-11-17-13(15)9-7-8-10-14(16)18-12-6-4-2/h3-6,11-12H,1-2,7-10H2. The molecule has 0 aliphatic carbocycles. The molecule has 0 aromatic rings. The SMILES string of the molecule is C=CC=COC(=O)CCCCC(=O)OC=CC=C. The lowest BCUT2D eigenvalue weighted by molar-refractivity contribution is -0.140. The molecule has 0 unspecified atom stereocenters. The van der Waals surface area contributed by atoms with E-state index in [1.165, 1.54) is 36.8 Å². The number of esters is 2. The van der Waals surface area contributed by atoms with Crippen LogP contribution in [0.1, 0.15) is 25.7 Å². The lowest BCUT2D eigenvalue weighted by atomic mass is 10.2. The third kappa shape index (κ3) is 10.4. The van der Waals surface area contributed by atoms with Gasteiger partial charge < -0.3 is 9.47 Å². The third-order valence-corrected chi connectivity index (χ3v) is 1.84. The van der Waals surface area contributed by atoms with Crippen molar-refractivity contribution in [1.29, 1.82) is 0 Å². The predicted octanol–water partition coefficient (Wildman–Crippen LogP) is 3.03. The zero-order valence-corrected chi connectivity index (χ0v) is 10.3. The zero-order chi connectivity index (χ0) is 13.6. The summed E-state index contributed by atoms with van der Waals surface area (Å²) in [5, 5.41) is 0. The average molecular weight is 250 g/mol. The summed E-state index contributed by atoms with van der Waals surface area (Å²) < 4.78 is 9.48. The van der Waals surface area contributed by atoms with Crippen LogP contribution in [-0.4, -0.2) is 11.9 Å². The fourth-order valence-corrected chi connectivity index (χ4v) is 0.998. The van der Waals surface area contributed by atoms with Gasteiger partial charge in [0.1, 0.15) is 0 Å². The highest BCUT2D eigenvalue weighted by atomic mass is 16.5. The Labute approximate surface area is 107 Å². The smallest absolute Gasteiger partial charge is 0.310 e. The second-order valence-corrected chi connectivity index (χ2v) is 3.32. The first-order valence-corrected chi connectivity index (χ1v) is 5.64. The van der Waals surface area contributed by atoms with E-state index in [9.17, 15) is 9.59 Å². The quantitative estimate of drug-likeness (QED) is 0.273. The minimum absolute atomic E-state index is 0.275. The van der Waals surface area contributed by atoms with Crippen LogP contribution in [-0.2, 0) is 19.1 Å². The van der Waals surface area contributed by atoms with E-state index in [2.05, 4.69) is 13.2 Å². The molecule has 0 atom stereocenters. The number of ether oxygens (including phenoxy) is 2. The zero-order valence-electron chi connectivity index (χ0n) is 10.3. The molecule has 0 rings (SSSR count). The summed E-state index contributed by atoms with van der Waals surface area (Å²) in [7, 11) is 0. The summed E-state index contributed by atoms with van der Waals surface area (Å²) in [4.78, 5) is 22.3. The molecule has 98 valence electrons. The van der Waals surface area contributed by atoms with Crippen molar-refractivity contribution >= 4 is 11.9 Å². The number of allylic oxidation sites excluding steroid dienone is 4. The van der Waals surface area contributed by atoms with Crippen LogP contribution < -0.4 is 0 Å². The van der Waals surface area contributed by atoms with Gasteiger partial charge in [-0.15, -0.1) is 0 Å². The molecule has 0 spiro atoms. The molecule has 0 amide bonds. The second-order valence-electron chi connectivity index (χ2n) is 3.32. The van der Waals surface area contributed by atoms with E-state index < -0.39 is 0 Å². The van der Waals surface area contributed by atoms with Crippen LogP contribution in [0.15, 0.2) is 50.0 Å². The minimum atomic E-state index is -0.326. The van der Waals surface area contributed by atoms with Gasteiger partial charge in [-0.05, 0) is 25.0 Å². The van der Waals surface area contributed by atoms with Crippen LogP contribution in [0.4, 0.5) is 0 Å². The first kappa shape index (κ1) is 15.9. The summed E-state index contributed by atoms with van der Waals surface area (Å²) in [6, 6.07) is 0. The molecule has 0 aliphatic rings. The van der Waals surface area contributed by atoms with Crippen molar-refractivity contribution in [2.75, 3.05) is 0 Å². The number of rotatable bonds is 9. The van der Waals surface area contributed by atoms with Crippen molar-refractivity contribution in [3.8, 4) is 0 Å². The lowest BCUT2D eigenvalue weighted by Crippen LogP contribution is -2.02. The van der Waals surface area contributed by atoms with Gasteiger partial charge in [-0.25, -0.2) is 0 Å². The van der Waals surface area contributed by atoms with Gasteiger partial charge in [0.25, 0.3) is 0 Å². The first-order valence-electron chi connectivity index (χ1n) is 5.64. The maximum absolute atomic E-state index is 11.1. The fraction of sp³-hybridized carbons (Fsp3) is 0.286. The Hall–Kier alpha value is -2.10. The molecular formula is C14H18O4. The van der Waals surface area contributed by atoms with Crippen molar-refractivity contribution in [1.82, 2.24) is 0 Å². The van der Waals surface area contributed by atoms with Crippen LogP contribution in [0, 0.1) is 0 Å². The highest BCUT2D eigenvalue weighted by molar-refractivity contribution is 5.71. The van der Waals surface area contributed by atoms with Gasteiger partial charge in [-0.1, -0.05) is 25.3 Å². The maximum Gasteiger partial charge on any atom is 0.310 e. The molecule has 4 heteroatoms. The van der Waals surface area contributed by atoms with Crippen LogP contribution in [0.2, 0.25) is 0 Å². The molecule has 0 fully saturated rings. The van der Waals surface area contributed by atoms with Crippen molar-refractivity contribution in [2.24, 2.45) is 0 Å². The molecule has 0 aromatic carbocycles. The lowest BCUT2D eigenvalue weighted by Gasteiger charge is -2.00. The van der Waals surface area contributed by atoms with E-state index in [-0.39, 0.29) is 24.8 Å². The fourth-order valence-electron chi connectivity index (χ4n) is 0.998. The second kappa shape index (κ2) is 11.4. The van der Waals surface area contributed by atoms with Gasteiger partial charge in [0, 0.05) is 12.8 Å². The summed E-state index contributed by atoms with van der Waals surface area (Å²) in [6.07, 6.45) is 10.4. The molecule has 0 aromatic heterocycles. The van der Waals surface area contributed by atoms with Crippen molar-refractivity contribution in [2.45, 2.75) is 25.7 Å². The van der Waals surface area contributed by atoms with E-state index in [0.29, 0.717) is 12.8 Å². The Bertz CT molecular complexity index is 306. The van der Waals surface area contributed by atoms with Crippen LogP contribution in [0.25, 0.3) is 0 Å². The molecule has 0 saturated carbocycles. The summed E-state index contributed by atoms with van der Waals surface area (Å²) in [5.74, 6) is -0.652. The number of hydrogen-bond acceptors (Lipinski definition) is 4. The van der Waals surface area contributed by atoms with Crippen LogP contribution >= 0.6 is 0 Å². The Morgan fingerprint density at radius 3 is 1.56 bits per heavy atom. The first-order chi connectivity index (χ1) is 8.70. The summed E-state index contributed by atoms with van der Waals surface area (Å²) >= 11 is 0. The number of carbonyl (C=O) groups excluding carboxylic acids is 2. The summed E-state index contributed by atoms with van der Waals surface area (Å²) in [5.41, 5.74) is 0. The van der Waals surface area contributed by atoms with Gasteiger partial charge in [0.15, 0.2) is 0 Å². The van der Waals surface area contributed by atoms with E-state index in [0.717, 1.165) is 0 Å². The van der Waals surface area contributed by atoms with Crippen molar-refractivity contribution in [3.63, 3.8) is 0 Å². The van der Waals surface area contributed by atoms with E-state index in [4.69, 9.17) is 9.47 Å². The van der Waals surface area contributed by atoms with Crippen molar-refractivity contribution < 1.29 is 19.1 Å². The van der Waals surface area contributed by atoms with Gasteiger partial charge in [0.05, 0.1) is 12.5 Å². The number of hydrogen-bond donors (Lipinski definition) is 0. The maximum atomic E-state index is 11.1. The minimum Gasteiger partial charge on any atom is -0.434 e. The van der Waals surface area contributed by atoms with E-state index in [1.807, 2.05) is 0 Å². The predicted molar refractivity (Wildman–Crippen MR) is 69.3 cm³/mol. The van der Waals surface area contributed by atoms with Gasteiger partial charge in [0.2, 0.25) is 0 Å². The Morgan fingerprint density at radius 2 is 1.22 bits per heavy atom. The van der Waals surface area contributed by atoms with Crippen LogP contribution in [0.5, 0.6) is 0 Å². The molecule has 0 N–H and O–H groups in total. The monoisotopic (exact) mass is 250 g/mol. The molecule has 0 bridgehead atoms. The molecule has 0 heterocycles. The Balaban J connectivity index is 3.54. The van der Waals surface area contributed by atoms with E-state index >= 15 is 0 Å². The molecule has 0 radical (unpaired) electrons. The molecule has 18 heavy (non-hydrogen) atoms. The Kier molecular flexibility index (Phi) is 10.1. The highest BCUT2D eigenvalue weighted by Gasteiger charge is 2.04. The third-order valence-electron chi connectivity index (χ3n) is 1.84. The van der Waals surface area contributed by atoms with Crippen molar-refractivity contribution in [3.05, 3.63) is 50.0 Å². The summed E-state index contributed by atoms with van der Waals surface area (Å²) in [6.45, 7) is 6.88. The molecule has 0 saturated heterocycles. The molecule has 0 aliphatic heterocycles. The topological polar surface area (TPSA) is 52.6 Å². The van der Waals surface area contributed by atoms with Crippen LogP contribution in [0.3, 0.4) is 0 Å². The largest absolute Gasteiger partial charge is 0.434 e. The molecule has 4 nitrogen and oxygen atoms in total. The molecular weight excluding hydrogens is 232 g/mol. The number of unbranched alkanes of at least 4 members (excludes halogenated alkanes) is 1. The van der Waals surface area contributed by atoms with Gasteiger partial charge >= 0.3 is 11.9 Å². The Morgan fingerprint density at radius 1 is 0.833 bits per heavy atom.